The van der Waals surface area contributed by atoms with Crippen molar-refractivity contribution in [3.63, 3.8) is 0 Å². The summed E-state index contributed by atoms with van der Waals surface area (Å²) < 4.78 is 10.3. The van der Waals surface area contributed by atoms with E-state index in [9.17, 15) is 0 Å². The highest BCUT2D eigenvalue weighted by molar-refractivity contribution is 6.76. The van der Waals surface area contributed by atoms with E-state index in [4.69, 9.17) is 24.7 Å². The zero-order chi connectivity index (χ0) is 41.1. The molecule has 1 atom stereocenters. The van der Waals surface area contributed by atoms with Crippen LogP contribution in [0.5, 0.6) is 0 Å². The molecule has 59 heavy (non-hydrogen) atoms. The number of amides is 1. The standard InChI is InChI=1S/C48H52N8O2Si/c1-33-27-42-40(52-47(33)53-44(35-15-9-7-10-16-35)36-17-11-8-12-18-36)28-43(56(42)32-58-25-26-59(4,5)6)48(57)55(41-21-13-19-37-20-14-24-49-45(37)41)31-39-23-22-38(30-50-39)46-34(2)29-51-54(46)3/h7-12,14-18,20,22-24,27-30,41H,13,19,21,25-26,31-32H2,1-6H3/t41-/m1/s1. The van der Waals surface area contributed by atoms with Crippen molar-refractivity contribution in [2.45, 2.75) is 78.1 Å². The van der Waals surface area contributed by atoms with Crippen LogP contribution in [0.2, 0.25) is 25.7 Å². The number of nitrogens with zero attached hydrogens (tertiary/aromatic N) is 8. The lowest BCUT2D eigenvalue weighted by Crippen LogP contribution is -2.38. The van der Waals surface area contributed by atoms with Crippen molar-refractivity contribution in [2.24, 2.45) is 12.0 Å². The maximum Gasteiger partial charge on any atom is 0.271 e. The molecule has 1 aliphatic carbocycles. The van der Waals surface area contributed by atoms with E-state index in [-0.39, 0.29) is 18.7 Å². The van der Waals surface area contributed by atoms with E-state index in [1.807, 2.05) is 101 Å². The summed E-state index contributed by atoms with van der Waals surface area (Å²) >= 11 is 0. The van der Waals surface area contributed by atoms with Crippen molar-refractivity contribution < 1.29 is 9.53 Å². The lowest BCUT2D eigenvalue weighted by Gasteiger charge is -2.35. The molecular formula is C48H52N8O2Si. The highest BCUT2D eigenvalue weighted by Crippen LogP contribution is 2.36. The quantitative estimate of drug-likeness (QED) is 0.0654. The molecule has 2 aromatic carbocycles. The second-order valence-corrected chi connectivity index (χ2v) is 22.4. The fourth-order valence-corrected chi connectivity index (χ4v) is 8.73. The average molecular weight is 801 g/mol. The summed E-state index contributed by atoms with van der Waals surface area (Å²) in [6.45, 7) is 12.3. The van der Waals surface area contributed by atoms with Crippen molar-refractivity contribution in [1.29, 1.82) is 0 Å². The Labute approximate surface area is 347 Å². The van der Waals surface area contributed by atoms with Gasteiger partial charge in [0.2, 0.25) is 0 Å². The second-order valence-electron chi connectivity index (χ2n) is 16.8. The minimum atomic E-state index is -1.36. The van der Waals surface area contributed by atoms with Gasteiger partial charge in [0.15, 0.2) is 5.82 Å². The van der Waals surface area contributed by atoms with Crippen LogP contribution in [0, 0.1) is 13.8 Å². The van der Waals surface area contributed by atoms with Gasteiger partial charge >= 0.3 is 0 Å². The lowest BCUT2D eigenvalue weighted by molar-refractivity contribution is 0.0575. The molecule has 10 nitrogen and oxygen atoms in total. The van der Waals surface area contributed by atoms with Gasteiger partial charge in [0.1, 0.15) is 12.4 Å². The highest BCUT2D eigenvalue weighted by Gasteiger charge is 2.33. The Morgan fingerprint density at radius 1 is 0.898 bits per heavy atom. The topological polar surface area (TPSA) is 103 Å². The summed E-state index contributed by atoms with van der Waals surface area (Å²) in [7, 11) is 0.582. The first-order chi connectivity index (χ1) is 28.5. The average Bonchev–Trinajstić information content (AvgIpc) is 3.77. The number of carbonyl (C=O) groups excluding carboxylic acids is 1. The number of hydrogen-bond donors (Lipinski definition) is 0. The Kier molecular flexibility index (Phi) is 11.5. The number of carbonyl (C=O) groups is 1. The van der Waals surface area contributed by atoms with Gasteiger partial charge in [0, 0.05) is 50.8 Å². The van der Waals surface area contributed by atoms with Crippen LogP contribution >= 0.6 is 0 Å². The van der Waals surface area contributed by atoms with E-state index in [1.165, 1.54) is 5.56 Å². The Morgan fingerprint density at radius 2 is 1.64 bits per heavy atom. The maximum absolute atomic E-state index is 15.4. The molecule has 0 saturated carbocycles. The molecule has 1 amide bonds. The van der Waals surface area contributed by atoms with E-state index >= 15 is 4.79 Å². The summed E-state index contributed by atoms with van der Waals surface area (Å²) in [5, 5.41) is 4.43. The number of ether oxygens (including phenoxy) is 1. The number of fused-ring (bicyclic) bond motifs is 2. The highest BCUT2D eigenvalue weighted by atomic mass is 28.3. The Hall–Kier alpha value is -6.04. The van der Waals surface area contributed by atoms with Crippen LogP contribution in [-0.4, -0.2) is 60.5 Å². The van der Waals surface area contributed by atoms with Crippen LogP contribution in [0.3, 0.4) is 0 Å². The van der Waals surface area contributed by atoms with Gasteiger partial charge in [-0.3, -0.25) is 19.4 Å². The van der Waals surface area contributed by atoms with Crippen LogP contribution in [-0.2, 0) is 31.5 Å². The first kappa shape index (κ1) is 39.8. The van der Waals surface area contributed by atoms with Crippen LogP contribution in [0.4, 0.5) is 5.82 Å². The first-order valence-electron chi connectivity index (χ1n) is 20.5. The van der Waals surface area contributed by atoms with Gasteiger partial charge < -0.3 is 14.2 Å². The maximum atomic E-state index is 15.4. The van der Waals surface area contributed by atoms with Crippen molar-refractivity contribution in [3.05, 3.63) is 161 Å². The van der Waals surface area contributed by atoms with Gasteiger partial charge in [0.05, 0.1) is 52.6 Å². The molecule has 300 valence electrons. The molecule has 7 aromatic rings. The van der Waals surface area contributed by atoms with Crippen LogP contribution < -0.4 is 0 Å². The zero-order valence-electron chi connectivity index (χ0n) is 34.9. The summed E-state index contributed by atoms with van der Waals surface area (Å²) in [6.07, 6.45) is 8.27. The van der Waals surface area contributed by atoms with E-state index in [0.717, 1.165) is 81.4 Å². The van der Waals surface area contributed by atoms with Crippen LogP contribution in [0.1, 0.15) is 68.6 Å². The smallest absolute Gasteiger partial charge is 0.271 e. The molecule has 11 heteroatoms. The molecule has 1 aliphatic rings. The summed E-state index contributed by atoms with van der Waals surface area (Å²) in [5.74, 6) is 0.483. The molecule has 5 aromatic heterocycles. The third-order valence-corrected chi connectivity index (χ3v) is 12.9. The number of benzene rings is 2. The van der Waals surface area contributed by atoms with E-state index in [1.54, 1.807) is 0 Å². The first-order valence-corrected chi connectivity index (χ1v) is 24.2. The number of rotatable bonds is 13. The SMILES string of the molecule is Cc1cc2c(cc(C(=O)N(Cc3ccc(-c4c(C)cnn4C)cn3)[C@@H]3CCCc4cccnc43)n2COCC[Si](C)(C)C)nc1N=C(c1ccccc1)c1ccccc1. The molecule has 0 saturated heterocycles. The number of hydrogen-bond acceptors (Lipinski definition) is 7. The minimum absolute atomic E-state index is 0.120. The van der Waals surface area contributed by atoms with Gasteiger partial charge in [-0.05, 0) is 86.2 Å². The van der Waals surface area contributed by atoms with Crippen molar-refractivity contribution in [3.8, 4) is 11.3 Å². The predicted molar refractivity (Wildman–Crippen MR) is 238 cm³/mol. The number of aromatic nitrogens is 6. The minimum Gasteiger partial charge on any atom is -0.361 e. The van der Waals surface area contributed by atoms with Crippen LogP contribution in [0.25, 0.3) is 22.3 Å². The summed E-state index contributed by atoms with van der Waals surface area (Å²) in [5.41, 5.74) is 11.8. The molecule has 0 N–H and O–H groups in total. The molecule has 0 spiro atoms. The monoisotopic (exact) mass is 800 g/mol. The van der Waals surface area contributed by atoms with Crippen molar-refractivity contribution in [1.82, 2.24) is 34.2 Å². The van der Waals surface area contributed by atoms with E-state index < -0.39 is 8.07 Å². The van der Waals surface area contributed by atoms with Gasteiger partial charge in [-0.1, -0.05) is 86.4 Å². The third kappa shape index (κ3) is 8.72. The number of pyridine rings is 3. The third-order valence-electron chi connectivity index (χ3n) is 11.2. The van der Waals surface area contributed by atoms with E-state index in [0.29, 0.717) is 30.2 Å². The van der Waals surface area contributed by atoms with Gasteiger partial charge in [-0.2, -0.15) is 5.10 Å². The fraction of sp³-hybridized carbons (Fsp3) is 0.292. The fourth-order valence-electron chi connectivity index (χ4n) is 7.97. The van der Waals surface area contributed by atoms with Crippen LogP contribution in [0.15, 0.2) is 121 Å². The molecule has 0 aliphatic heterocycles. The van der Waals surface area contributed by atoms with Gasteiger partial charge in [-0.25, -0.2) is 9.98 Å². The molecular weight excluding hydrogens is 749 g/mol. The molecule has 0 unspecified atom stereocenters. The lowest BCUT2D eigenvalue weighted by atomic mass is 9.90. The summed E-state index contributed by atoms with van der Waals surface area (Å²) in [6, 6.07) is 33.4. The zero-order valence-corrected chi connectivity index (χ0v) is 35.9. The van der Waals surface area contributed by atoms with Gasteiger partial charge in [-0.15, -0.1) is 0 Å². The number of aliphatic imine (C=N–C) groups is 1. The predicted octanol–water partition coefficient (Wildman–Crippen LogP) is 10.0. The Bertz CT molecular complexity index is 2550. The number of aryl methyl sites for hydroxylation is 4. The van der Waals surface area contributed by atoms with Crippen molar-refractivity contribution in [2.75, 3.05) is 6.61 Å². The largest absolute Gasteiger partial charge is 0.361 e. The second kappa shape index (κ2) is 17.0. The van der Waals surface area contributed by atoms with Crippen molar-refractivity contribution >= 4 is 36.5 Å². The van der Waals surface area contributed by atoms with Gasteiger partial charge in [0.25, 0.3) is 5.91 Å². The van der Waals surface area contributed by atoms with E-state index in [2.05, 4.69) is 74.1 Å². The molecule has 0 fully saturated rings. The normalized spacial score (nSPS) is 14.0. The molecule has 0 bridgehead atoms. The Morgan fingerprint density at radius 3 is 2.31 bits per heavy atom. The Balaban J connectivity index is 1.23. The molecule has 5 heterocycles. The molecule has 0 radical (unpaired) electrons. The molecule has 8 rings (SSSR count). The summed E-state index contributed by atoms with van der Waals surface area (Å²) in [4.78, 5) is 37.6.